The number of benzene rings is 1. The molecule has 1 atom stereocenters. The van der Waals surface area contributed by atoms with Gasteiger partial charge in [0.15, 0.2) is 0 Å². The van der Waals surface area contributed by atoms with Crippen molar-refractivity contribution in [3.8, 4) is 0 Å². The number of anilines is 1. The molecule has 1 heterocycles. The van der Waals surface area contributed by atoms with Crippen LogP contribution >= 0.6 is 11.6 Å². The second-order valence-electron chi connectivity index (χ2n) is 5.84. The van der Waals surface area contributed by atoms with Gasteiger partial charge in [-0.1, -0.05) is 37.5 Å². The van der Waals surface area contributed by atoms with E-state index in [9.17, 15) is 0 Å². The predicted octanol–water partition coefficient (Wildman–Crippen LogP) is 5.14. The molecule has 0 amide bonds. The van der Waals surface area contributed by atoms with Crippen LogP contribution in [-0.2, 0) is 5.88 Å². The Bertz CT molecular complexity index is 402. The van der Waals surface area contributed by atoms with Gasteiger partial charge in [-0.2, -0.15) is 0 Å². The second-order valence-corrected chi connectivity index (χ2v) is 6.11. The highest BCUT2D eigenvalue weighted by molar-refractivity contribution is 6.17. The first kappa shape index (κ1) is 14.7. The zero-order valence-electron chi connectivity index (χ0n) is 12.3. The first-order valence-electron chi connectivity index (χ1n) is 7.65. The number of halogens is 1. The third kappa shape index (κ3) is 3.89. The van der Waals surface area contributed by atoms with Crippen molar-refractivity contribution in [2.75, 3.05) is 18.0 Å². The Morgan fingerprint density at radius 3 is 2.84 bits per heavy atom. The molecule has 0 bridgehead atoms. The molecule has 2 rings (SSSR count). The molecule has 0 radical (unpaired) electrons. The molecule has 1 fully saturated rings. The van der Waals surface area contributed by atoms with Crippen molar-refractivity contribution in [2.24, 2.45) is 5.92 Å². The average Bonchev–Trinajstić information content (AvgIpc) is 2.65. The maximum atomic E-state index is 6.12. The van der Waals surface area contributed by atoms with Crippen LogP contribution in [0.4, 0.5) is 5.69 Å². The van der Waals surface area contributed by atoms with Gasteiger partial charge in [-0.05, 0) is 43.7 Å². The third-order valence-electron chi connectivity index (χ3n) is 4.26. The van der Waals surface area contributed by atoms with Gasteiger partial charge in [0.25, 0.3) is 0 Å². The van der Waals surface area contributed by atoms with Crippen molar-refractivity contribution >= 4 is 17.3 Å². The Morgan fingerprint density at radius 2 is 2.11 bits per heavy atom. The van der Waals surface area contributed by atoms with Crippen LogP contribution in [0.25, 0.3) is 0 Å². The van der Waals surface area contributed by atoms with Crippen LogP contribution in [0.15, 0.2) is 18.2 Å². The molecule has 1 unspecified atom stereocenters. The maximum absolute atomic E-state index is 6.12. The number of hydrogen-bond acceptors (Lipinski definition) is 1. The minimum absolute atomic E-state index is 0.617. The molecule has 0 N–H and O–H groups in total. The summed E-state index contributed by atoms with van der Waals surface area (Å²) in [5.74, 6) is 1.55. The lowest BCUT2D eigenvalue weighted by molar-refractivity contribution is 0.435. The Morgan fingerprint density at radius 1 is 1.26 bits per heavy atom. The smallest absolute Gasteiger partial charge is 0.0494 e. The first-order chi connectivity index (χ1) is 9.24. The molecule has 1 nitrogen and oxygen atoms in total. The van der Waals surface area contributed by atoms with Crippen LogP contribution in [0.1, 0.15) is 50.2 Å². The lowest BCUT2D eigenvalue weighted by Gasteiger charge is -2.25. The molecule has 0 spiro atoms. The number of rotatable bonds is 4. The lowest BCUT2D eigenvalue weighted by atomic mass is 9.96. The molecule has 0 aromatic heterocycles. The van der Waals surface area contributed by atoms with E-state index in [1.807, 2.05) is 0 Å². The number of nitrogens with zero attached hydrogens (tertiary/aromatic N) is 1. The summed E-state index contributed by atoms with van der Waals surface area (Å²) in [5.41, 5.74) is 3.95. The Hall–Kier alpha value is -0.690. The summed E-state index contributed by atoms with van der Waals surface area (Å²) in [6, 6.07) is 6.70. The standard InChI is InChI=1S/C17H26ClN/c1-3-5-15-6-4-10-19(11-9-15)17-8-7-14(2)12-16(17)13-18/h7-8,12,15H,3-6,9-11,13H2,1-2H3. The minimum atomic E-state index is 0.617. The van der Waals surface area contributed by atoms with E-state index in [4.69, 9.17) is 11.6 Å². The Labute approximate surface area is 123 Å². The van der Waals surface area contributed by atoms with Crippen LogP contribution in [0, 0.1) is 12.8 Å². The molecule has 1 aliphatic rings. The first-order valence-corrected chi connectivity index (χ1v) is 8.18. The van der Waals surface area contributed by atoms with E-state index in [1.165, 1.54) is 62.0 Å². The molecule has 106 valence electrons. The van der Waals surface area contributed by atoms with Crippen molar-refractivity contribution < 1.29 is 0 Å². The third-order valence-corrected chi connectivity index (χ3v) is 4.55. The molecule has 0 saturated carbocycles. The zero-order chi connectivity index (χ0) is 13.7. The summed E-state index contributed by atoms with van der Waals surface area (Å²) >= 11 is 6.12. The van der Waals surface area contributed by atoms with Gasteiger partial charge >= 0.3 is 0 Å². The largest absolute Gasteiger partial charge is 0.371 e. The van der Waals surface area contributed by atoms with Crippen molar-refractivity contribution in [1.29, 1.82) is 0 Å². The molecule has 2 heteroatoms. The number of aryl methyl sites for hydroxylation is 1. The summed E-state index contributed by atoms with van der Waals surface area (Å²) in [6.07, 6.45) is 6.77. The normalized spacial score (nSPS) is 20.4. The van der Waals surface area contributed by atoms with Crippen molar-refractivity contribution in [2.45, 2.75) is 51.8 Å². The fourth-order valence-electron chi connectivity index (χ4n) is 3.23. The fraction of sp³-hybridized carbons (Fsp3) is 0.647. The highest BCUT2D eigenvalue weighted by atomic mass is 35.5. The molecule has 1 saturated heterocycles. The van der Waals surface area contributed by atoms with Gasteiger partial charge in [0.05, 0.1) is 0 Å². The molecular formula is C17H26ClN. The van der Waals surface area contributed by atoms with Crippen LogP contribution in [0.5, 0.6) is 0 Å². The van der Waals surface area contributed by atoms with Crippen molar-refractivity contribution in [3.05, 3.63) is 29.3 Å². The molecular weight excluding hydrogens is 254 g/mol. The topological polar surface area (TPSA) is 3.24 Å². The SMILES string of the molecule is CCCC1CCCN(c2ccc(C)cc2CCl)CC1. The van der Waals surface area contributed by atoms with E-state index in [1.54, 1.807) is 0 Å². The minimum Gasteiger partial charge on any atom is -0.371 e. The lowest BCUT2D eigenvalue weighted by Crippen LogP contribution is -2.25. The molecule has 0 aliphatic carbocycles. The Balaban J connectivity index is 2.09. The summed E-state index contributed by atoms with van der Waals surface area (Å²) in [5, 5.41) is 0. The van der Waals surface area contributed by atoms with Gasteiger partial charge < -0.3 is 4.90 Å². The van der Waals surface area contributed by atoms with E-state index >= 15 is 0 Å². The summed E-state index contributed by atoms with van der Waals surface area (Å²) in [7, 11) is 0. The van der Waals surface area contributed by atoms with Gasteiger partial charge in [-0.3, -0.25) is 0 Å². The summed E-state index contributed by atoms with van der Waals surface area (Å²) < 4.78 is 0. The quantitative estimate of drug-likeness (QED) is 0.690. The predicted molar refractivity (Wildman–Crippen MR) is 85.2 cm³/mol. The van der Waals surface area contributed by atoms with Crippen LogP contribution in [-0.4, -0.2) is 13.1 Å². The fourth-order valence-corrected chi connectivity index (χ4v) is 3.45. The monoisotopic (exact) mass is 279 g/mol. The maximum Gasteiger partial charge on any atom is 0.0494 e. The molecule has 1 aromatic rings. The van der Waals surface area contributed by atoms with E-state index in [0.29, 0.717) is 5.88 Å². The highest BCUT2D eigenvalue weighted by Gasteiger charge is 2.18. The van der Waals surface area contributed by atoms with Gasteiger partial charge in [-0.25, -0.2) is 0 Å². The van der Waals surface area contributed by atoms with Gasteiger partial charge in [0, 0.05) is 24.7 Å². The van der Waals surface area contributed by atoms with Gasteiger partial charge in [0.1, 0.15) is 0 Å². The number of alkyl halides is 1. The van der Waals surface area contributed by atoms with E-state index < -0.39 is 0 Å². The zero-order valence-corrected chi connectivity index (χ0v) is 13.0. The summed E-state index contributed by atoms with van der Waals surface area (Å²) in [4.78, 5) is 2.55. The van der Waals surface area contributed by atoms with Crippen LogP contribution in [0.2, 0.25) is 0 Å². The number of hydrogen-bond donors (Lipinski definition) is 0. The average molecular weight is 280 g/mol. The van der Waals surface area contributed by atoms with Crippen molar-refractivity contribution in [3.63, 3.8) is 0 Å². The van der Waals surface area contributed by atoms with Crippen LogP contribution in [0.3, 0.4) is 0 Å². The summed E-state index contributed by atoms with van der Waals surface area (Å²) in [6.45, 7) is 6.82. The van der Waals surface area contributed by atoms with E-state index in [2.05, 4.69) is 36.9 Å². The van der Waals surface area contributed by atoms with E-state index in [0.717, 1.165) is 5.92 Å². The van der Waals surface area contributed by atoms with E-state index in [-0.39, 0.29) is 0 Å². The van der Waals surface area contributed by atoms with Gasteiger partial charge in [0.2, 0.25) is 0 Å². The van der Waals surface area contributed by atoms with Gasteiger partial charge in [-0.15, -0.1) is 11.6 Å². The molecule has 1 aliphatic heterocycles. The second kappa shape index (κ2) is 7.19. The highest BCUT2D eigenvalue weighted by Crippen LogP contribution is 2.29. The van der Waals surface area contributed by atoms with Crippen molar-refractivity contribution in [1.82, 2.24) is 0 Å². The molecule has 1 aromatic carbocycles. The Kier molecular flexibility index (Phi) is 5.57. The van der Waals surface area contributed by atoms with Crippen LogP contribution < -0.4 is 4.90 Å². The molecule has 19 heavy (non-hydrogen) atoms.